The standard InChI is InChI=1S/C36H38N2O13/c1-48-33(40)18-13-25-11-14-26(15-12-25)35(42)51-30-16-17-32(39)31(24-30)36(43)50-20-10-8-6-4-2-3-5-7-9-19-49-34(41)27-21-28(37(44)45)23-29(22-27)38(46)47/h11-18,21-24,39H,2-10,19-20H2,1H3/b18-13+. The van der Waals surface area contributed by atoms with Gasteiger partial charge in [0.25, 0.3) is 11.4 Å². The molecule has 0 bridgehead atoms. The highest BCUT2D eigenvalue weighted by atomic mass is 16.6. The number of nitro groups is 2. The highest BCUT2D eigenvalue weighted by Gasteiger charge is 2.21. The summed E-state index contributed by atoms with van der Waals surface area (Å²) in [4.78, 5) is 68.9. The molecule has 15 heteroatoms. The molecule has 0 radical (unpaired) electrons. The van der Waals surface area contributed by atoms with E-state index in [0.29, 0.717) is 18.4 Å². The fourth-order valence-electron chi connectivity index (χ4n) is 4.73. The number of phenols is 1. The van der Waals surface area contributed by atoms with E-state index in [0.717, 1.165) is 63.1 Å². The van der Waals surface area contributed by atoms with Gasteiger partial charge in [0.1, 0.15) is 17.1 Å². The zero-order valence-electron chi connectivity index (χ0n) is 27.9. The smallest absolute Gasteiger partial charge is 0.343 e. The molecule has 1 N–H and O–H groups in total. The van der Waals surface area contributed by atoms with Crippen LogP contribution in [0.25, 0.3) is 6.08 Å². The lowest BCUT2D eigenvalue weighted by atomic mass is 10.1. The predicted molar refractivity (Wildman–Crippen MR) is 182 cm³/mol. The molecule has 0 aliphatic carbocycles. The molecule has 0 saturated heterocycles. The lowest BCUT2D eigenvalue weighted by Gasteiger charge is -2.09. The molecule has 0 fully saturated rings. The predicted octanol–water partition coefficient (Wildman–Crippen LogP) is 7.14. The third-order valence-corrected chi connectivity index (χ3v) is 7.47. The van der Waals surface area contributed by atoms with Crippen LogP contribution in [0.2, 0.25) is 0 Å². The third-order valence-electron chi connectivity index (χ3n) is 7.47. The Kier molecular flexibility index (Phi) is 15.7. The van der Waals surface area contributed by atoms with Crippen molar-refractivity contribution in [1.82, 2.24) is 0 Å². The zero-order valence-corrected chi connectivity index (χ0v) is 27.9. The molecule has 0 aliphatic rings. The van der Waals surface area contributed by atoms with Crippen molar-refractivity contribution in [1.29, 1.82) is 0 Å². The number of methoxy groups -OCH3 is 1. The monoisotopic (exact) mass is 706 g/mol. The van der Waals surface area contributed by atoms with Crippen molar-refractivity contribution in [2.75, 3.05) is 20.3 Å². The molecule has 0 atom stereocenters. The van der Waals surface area contributed by atoms with Gasteiger partial charge in [-0.3, -0.25) is 20.2 Å². The number of ether oxygens (including phenoxy) is 4. The minimum atomic E-state index is -0.855. The van der Waals surface area contributed by atoms with Crippen molar-refractivity contribution in [2.24, 2.45) is 0 Å². The Balaban J connectivity index is 1.27. The molecule has 0 amide bonds. The van der Waals surface area contributed by atoms with E-state index in [4.69, 9.17) is 14.2 Å². The quantitative estimate of drug-likeness (QED) is 0.0236. The van der Waals surface area contributed by atoms with Gasteiger partial charge >= 0.3 is 23.9 Å². The van der Waals surface area contributed by atoms with Gasteiger partial charge in [0, 0.05) is 18.2 Å². The van der Waals surface area contributed by atoms with Gasteiger partial charge < -0.3 is 24.1 Å². The topological polar surface area (TPSA) is 212 Å². The number of nitro benzene ring substituents is 2. The summed E-state index contributed by atoms with van der Waals surface area (Å²) < 4.78 is 20.3. The van der Waals surface area contributed by atoms with Crippen LogP contribution in [-0.2, 0) is 19.0 Å². The van der Waals surface area contributed by atoms with Crippen LogP contribution >= 0.6 is 0 Å². The molecule has 0 unspecified atom stereocenters. The van der Waals surface area contributed by atoms with Crippen LogP contribution in [0.1, 0.15) is 94.4 Å². The Hall–Kier alpha value is -6.12. The molecule has 0 spiro atoms. The van der Waals surface area contributed by atoms with Gasteiger partial charge in [-0.2, -0.15) is 0 Å². The SMILES string of the molecule is COC(=O)/C=C/c1ccc(C(=O)Oc2ccc(O)c(C(=O)OCCCCCCCCCCCOC(=O)c3cc([N+](=O)[O-])cc([N+](=O)[O-])c3)c2)cc1. The second-order valence-electron chi connectivity index (χ2n) is 11.3. The lowest BCUT2D eigenvalue weighted by molar-refractivity contribution is -0.394. The Bertz CT molecular complexity index is 1700. The van der Waals surface area contributed by atoms with E-state index in [9.17, 15) is 44.5 Å². The van der Waals surface area contributed by atoms with E-state index in [1.165, 1.54) is 49.6 Å². The molecule has 0 heterocycles. The van der Waals surface area contributed by atoms with E-state index < -0.39 is 45.1 Å². The number of hydrogen-bond acceptors (Lipinski definition) is 13. The highest BCUT2D eigenvalue weighted by Crippen LogP contribution is 2.26. The number of benzene rings is 3. The first-order valence-corrected chi connectivity index (χ1v) is 16.2. The minimum absolute atomic E-state index is 0.0502. The van der Waals surface area contributed by atoms with E-state index in [1.54, 1.807) is 12.1 Å². The molecule has 0 aromatic heterocycles. The van der Waals surface area contributed by atoms with Crippen LogP contribution in [0.15, 0.2) is 66.7 Å². The number of phenolic OH excluding ortho intramolecular Hbond substituents is 1. The van der Waals surface area contributed by atoms with Crippen LogP contribution < -0.4 is 4.74 Å². The molecular formula is C36H38N2O13. The van der Waals surface area contributed by atoms with Crippen LogP contribution in [0.5, 0.6) is 11.5 Å². The van der Waals surface area contributed by atoms with Gasteiger partial charge in [-0.25, -0.2) is 19.2 Å². The Morgan fingerprint density at radius 3 is 1.73 bits per heavy atom. The van der Waals surface area contributed by atoms with E-state index in [1.807, 2.05) is 0 Å². The summed E-state index contributed by atoms with van der Waals surface area (Å²) in [5, 5.41) is 32.1. The fraction of sp³-hybridized carbons (Fsp3) is 0.333. The van der Waals surface area contributed by atoms with Gasteiger partial charge in [0.2, 0.25) is 0 Å². The average molecular weight is 707 g/mol. The number of unbranched alkanes of at least 4 members (excludes halogenated alkanes) is 8. The molecule has 3 aromatic rings. The number of carbonyl (C=O) groups is 4. The molecule has 0 aliphatic heterocycles. The second kappa shape index (κ2) is 20.4. The molecule has 270 valence electrons. The molecule has 0 saturated carbocycles. The minimum Gasteiger partial charge on any atom is -0.507 e. The van der Waals surface area contributed by atoms with Crippen molar-refractivity contribution in [3.63, 3.8) is 0 Å². The van der Waals surface area contributed by atoms with Crippen molar-refractivity contribution in [3.05, 3.63) is 109 Å². The first-order chi connectivity index (χ1) is 24.5. The zero-order chi connectivity index (χ0) is 37.2. The van der Waals surface area contributed by atoms with Gasteiger partial charge in [-0.15, -0.1) is 0 Å². The van der Waals surface area contributed by atoms with Crippen molar-refractivity contribution in [2.45, 2.75) is 57.8 Å². The number of esters is 4. The summed E-state index contributed by atoms with van der Waals surface area (Å²) in [6, 6.07) is 12.8. The number of rotatable bonds is 20. The van der Waals surface area contributed by atoms with Crippen LogP contribution in [-0.4, -0.2) is 59.2 Å². The van der Waals surface area contributed by atoms with Crippen molar-refractivity contribution < 1.29 is 53.1 Å². The third kappa shape index (κ3) is 13.4. The Morgan fingerprint density at radius 1 is 0.667 bits per heavy atom. The summed E-state index contributed by atoms with van der Waals surface area (Å²) in [7, 11) is 1.27. The van der Waals surface area contributed by atoms with Gasteiger partial charge in [-0.05, 0) is 54.8 Å². The normalized spacial score (nSPS) is 10.8. The fourth-order valence-corrected chi connectivity index (χ4v) is 4.73. The highest BCUT2D eigenvalue weighted by molar-refractivity contribution is 5.95. The van der Waals surface area contributed by atoms with Crippen LogP contribution in [0.3, 0.4) is 0 Å². The van der Waals surface area contributed by atoms with E-state index in [2.05, 4.69) is 4.74 Å². The molecule has 3 rings (SSSR count). The van der Waals surface area contributed by atoms with Crippen molar-refractivity contribution in [3.8, 4) is 11.5 Å². The number of aromatic hydroxyl groups is 1. The largest absolute Gasteiger partial charge is 0.507 e. The van der Waals surface area contributed by atoms with Gasteiger partial charge in [0.05, 0.1) is 47.4 Å². The van der Waals surface area contributed by atoms with Crippen molar-refractivity contribution >= 4 is 41.3 Å². The maximum absolute atomic E-state index is 12.6. The molecule has 15 nitrogen and oxygen atoms in total. The summed E-state index contributed by atoms with van der Waals surface area (Å²) in [5.74, 6) is -3.05. The number of carbonyl (C=O) groups excluding carboxylic acids is 4. The van der Waals surface area contributed by atoms with Gasteiger partial charge in [-0.1, -0.05) is 57.1 Å². The first-order valence-electron chi connectivity index (χ1n) is 16.2. The van der Waals surface area contributed by atoms with E-state index in [-0.39, 0.29) is 41.4 Å². The number of hydrogen-bond donors (Lipinski definition) is 1. The Morgan fingerprint density at radius 2 is 1.20 bits per heavy atom. The second-order valence-corrected chi connectivity index (χ2v) is 11.3. The van der Waals surface area contributed by atoms with Crippen LogP contribution in [0, 0.1) is 20.2 Å². The molecular weight excluding hydrogens is 668 g/mol. The maximum Gasteiger partial charge on any atom is 0.343 e. The summed E-state index contributed by atoms with van der Waals surface area (Å²) in [5.41, 5.74) is -0.594. The van der Waals surface area contributed by atoms with Gasteiger partial charge in [0.15, 0.2) is 0 Å². The number of non-ortho nitro benzene ring substituents is 2. The van der Waals surface area contributed by atoms with Crippen LogP contribution in [0.4, 0.5) is 11.4 Å². The number of nitrogens with zero attached hydrogens (tertiary/aromatic N) is 2. The molecule has 51 heavy (non-hydrogen) atoms. The summed E-state index contributed by atoms with van der Waals surface area (Å²) in [6.45, 7) is 0.247. The Labute approximate surface area is 293 Å². The summed E-state index contributed by atoms with van der Waals surface area (Å²) >= 11 is 0. The average Bonchev–Trinajstić information content (AvgIpc) is 3.12. The first kappa shape index (κ1) is 39.3. The maximum atomic E-state index is 12.6. The molecule has 3 aromatic carbocycles. The lowest BCUT2D eigenvalue weighted by Crippen LogP contribution is -2.10. The summed E-state index contributed by atoms with van der Waals surface area (Å²) in [6.07, 6.45) is 10.4. The van der Waals surface area contributed by atoms with E-state index >= 15 is 0 Å².